The molecule has 0 radical (unpaired) electrons. The van der Waals surface area contributed by atoms with Gasteiger partial charge in [0.2, 0.25) is 5.95 Å². The normalized spacial score (nSPS) is 17.3. The summed E-state index contributed by atoms with van der Waals surface area (Å²) in [6, 6.07) is 14.1. The third kappa shape index (κ3) is 5.41. The number of nitrogens with zero attached hydrogens (tertiary/aromatic N) is 4. The van der Waals surface area contributed by atoms with Gasteiger partial charge < -0.3 is 25.2 Å². The predicted octanol–water partition coefficient (Wildman–Crippen LogP) is 6.29. The second kappa shape index (κ2) is 11.5. The summed E-state index contributed by atoms with van der Waals surface area (Å²) in [5, 5.41) is 6.39. The largest absolute Gasteiger partial charge is 0.486 e. The van der Waals surface area contributed by atoms with Crippen LogP contribution in [0.5, 0.6) is 5.75 Å². The van der Waals surface area contributed by atoms with Gasteiger partial charge >= 0.3 is 0 Å². The molecule has 0 spiro atoms. The highest BCUT2D eigenvalue weighted by Gasteiger charge is 2.28. The highest BCUT2D eigenvalue weighted by Crippen LogP contribution is 2.43. The van der Waals surface area contributed by atoms with Gasteiger partial charge in [0.25, 0.3) is 0 Å². The Balaban J connectivity index is 1.19. The molecule has 222 valence electrons. The van der Waals surface area contributed by atoms with Gasteiger partial charge in [-0.15, -0.1) is 0 Å². The third-order valence-corrected chi connectivity index (χ3v) is 8.71. The van der Waals surface area contributed by atoms with Gasteiger partial charge in [0.05, 0.1) is 18.4 Å². The maximum absolute atomic E-state index is 15.5. The first-order valence-corrected chi connectivity index (χ1v) is 14.8. The van der Waals surface area contributed by atoms with Gasteiger partial charge in [-0.25, -0.2) is 23.1 Å². The van der Waals surface area contributed by atoms with Crippen LogP contribution >= 0.6 is 0 Å². The Labute approximate surface area is 248 Å². The molecule has 0 saturated carbocycles. The number of anilines is 4. The number of halogens is 3. The molecule has 0 unspecified atom stereocenters. The highest BCUT2D eigenvalue weighted by molar-refractivity contribution is 5.79. The van der Waals surface area contributed by atoms with Crippen molar-refractivity contribution in [2.24, 2.45) is 0 Å². The van der Waals surface area contributed by atoms with Crippen molar-refractivity contribution in [1.82, 2.24) is 20.2 Å². The lowest BCUT2D eigenvalue weighted by molar-refractivity contribution is 0.253. The topological polar surface area (TPSA) is 65.5 Å². The van der Waals surface area contributed by atoms with Gasteiger partial charge in [-0.1, -0.05) is 18.2 Å². The molecule has 3 aliphatic rings. The smallest absolute Gasteiger partial charge is 0.227 e. The Kier molecular flexibility index (Phi) is 7.40. The van der Waals surface area contributed by atoms with Crippen LogP contribution in [0.1, 0.15) is 35.4 Å². The van der Waals surface area contributed by atoms with E-state index in [4.69, 9.17) is 4.74 Å². The minimum absolute atomic E-state index is 0.0626. The predicted molar refractivity (Wildman–Crippen MR) is 161 cm³/mol. The van der Waals surface area contributed by atoms with Crippen LogP contribution < -0.4 is 20.3 Å². The Morgan fingerprint density at radius 1 is 0.953 bits per heavy atom. The fourth-order valence-electron chi connectivity index (χ4n) is 6.45. The lowest BCUT2D eigenvalue weighted by Gasteiger charge is -2.34. The Hall–Kier alpha value is -4.15. The maximum atomic E-state index is 15.5. The van der Waals surface area contributed by atoms with Gasteiger partial charge in [0, 0.05) is 23.5 Å². The summed E-state index contributed by atoms with van der Waals surface area (Å²) >= 11 is 0. The number of benzene rings is 3. The van der Waals surface area contributed by atoms with Crippen molar-refractivity contribution in [3.63, 3.8) is 0 Å². The van der Waals surface area contributed by atoms with Crippen LogP contribution in [-0.2, 0) is 13.0 Å². The summed E-state index contributed by atoms with van der Waals surface area (Å²) in [7, 11) is 2.08. The summed E-state index contributed by atoms with van der Waals surface area (Å²) in [5.74, 6) is -1.19. The van der Waals surface area contributed by atoms with E-state index in [1.165, 1.54) is 23.3 Å². The fraction of sp³-hybridized carbons (Fsp3) is 0.333. The first-order chi connectivity index (χ1) is 20.9. The quantitative estimate of drug-likeness (QED) is 0.285. The van der Waals surface area contributed by atoms with Crippen LogP contribution in [0.25, 0.3) is 11.3 Å². The molecular formula is C33H33F3N6O. The van der Waals surface area contributed by atoms with Crippen molar-refractivity contribution in [2.45, 2.75) is 31.7 Å². The van der Waals surface area contributed by atoms with E-state index in [-0.39, 0.29) is 34.7 Å². The molecule has 0 bridgehead atoms. The van der Waals surface area contributed by atoms with E-state index < -0.39 is 11.6 Å². The third-order valence-electron chi connectivity index (χ3n) is 8.71. The zero-order chi connectivity index (χ0) is 29.5. The Morgan fingerprint density at radius 3 is 2.65 bits per heavy atom. The number of aromatic nitrogens is 2. The summed E-state index contributed by atoms with van der Waals surface area (Å²) in [4.78, 5) is 12.8. The molecule has 0 atom stereocenters. The first kappa shape index (κ1) is 27.7. The van der Waals surface area contributed by atoms with Crippen LogP contribution in [0.3, 0.4) is 0 Å². The van der Waals surface area contributed by atoms with Crippen molar-refractivity contribution in [2.75, 3.05) is 50.1 Å². The number of rotatable bonds is 5. The second-order valence-corrected chi connectivity index (χ2v) is 11.5. The monoisotopic (exact) mass is 586 g/mol. The number of hydrogen-bond acceptors (Lipinski definition) is 7. The van der Waals surface area contributed by atoms with E-state index in [2.05, 4.69) is 38.6 Å². The van der Waals surface area contributed by atoms with Gasteiger partial charge in [-0.3, -0.25) is 0 Å². The molecule has 10 heteroatoms. The molecular weight excluding hydrogens is 553 g/mol. The zero-order valence-electron chi connectivity index (χ0n) is 24.0. The molecule has 0 aliphatic carbocycles. The van der Waals surface area contributed by atoms with E-state index >= 15 is 13.2 Å². The molecule has 1 saturated heterocycles. The Bertz CT molecular complexity index is 1670. The van der Waals surface area contributed by atoms with Crippen LogP contribution in [0.4, 0.5) is 36.2 Å². The minimum Gasteiger partial charge on any atom is -0.486 e. The lowest BCUT2D eigenvalue weighted by atomic mass is 9.89. The van der Waals surface area contributed by atoms with Crippen molar-refractivity contribution in [3.8, 4) is 17.0 Å². The van der Waals surface area contributed by atoms with Crippen LogP contribution in [-0.4, -0.2) is 54.7 Å². The standard InChI is InChI=1S/C33H33F3N6O/c1-41-11-8-20(9-12-41)24-6-5-23(17-26(24)34)39-33-38-19-28(36)31(40-33)22-15-27(35)32-30(16-22)42(13-14-43-32)29-4-2-3-21-18-37-10-7-25(21)29/h2-6,15-17,19-20,37H,7-14,18H2,1H3,(H,38,39,40). The number of likely N-dealkylation sites (tertiary alicyclic amines) is 1. The van der Waals surface area contributed by atoms with Crippen LogP contribution in [0.15, 0.2) is 54.7 Å². The van der Waals surface area contributed by atoms with Crippen molar-refractivity contribution in [3.05, 3.63) is 88.9 Å². The molecule has 7 rings (SSSR count). The fourth-order valence-corrected chi connectivity index (χ4v) is 6.45. The average Bonchev–Trinajstić information content (AvgIpc) is 3.02. The minimum atomic E-state index is -0.694. The van der Waals surface area contributed by atoms with Crippen molar-refractivity contribution in [1.29, 1.82) is 0 Å². The van der Waals surface area contributed by atoms with E-state index in [0.717, 1.165) is 57.3 Å². The number of hydrogen-bond donors (Lipinski definition) is 2. The molecule has 4 aromatic rings. The molecule has 3 aromatic carbocycles. The van der Waals surface area contributed by atoms with Crippen LogP contribution in [0, 0.1) is 17.5 Å². The second-order valence-electron chi connectivity index (χ2n) is 11.5. The molecule has 7 nitrogen and oxygen atoms in total. The van der Waals surface area contributed by atoms with Gasteiger partial charge in [-0.2, -0.15) is 0 Å². The summed E-state index contributed by atoms with van der Waals surface area (Å²) in [5.41, 5.74) is 5.29. The average molecular weight is 587 g/mol. The van der Waals surface area contributed by atoms with Crippen LogP contribution in [0.2, 0.25) is 0 Å². The molecule has 4 heterocycles. The highest BCUT2D eigenvalue weighted by atomic mass is 19.1. The molecule has 1 aromatic heterocycles. The van der Waals surface area contributed by atoms with Gasteiger partial charge in [-0.05, 0) is 98.9 Å². The SMILES string of the molecule is CN1CCC(c2ccc(Nc3ncc(F)c(-c4cc(F)c5c(c4)N(c4cccc6c4CCNC6)CCO5)n3)cc2F)CC1. The molecule has 43 heavy (non-hydrogen) atoms. The van der Waals surface area contributed by atoms with Crippen molar-refractivity contribution >= 4 is 23.0 Å². The molecule has 0 amide bonds. The number of ether oxygens (including phenoxy) is 1. The van der Waals surface area contributed by atoms with Gasteiger partial charge in [0.1, 0.15) is 18.1 Å². The van der Waals surface area contributed by atoms with E-state index in [0.29, 0.717) is 30.1 Å². The number of nitrogens with one attached hydrogen (secondary N) is 2. The summed E-state index contributed by atoms with van der Waals surface area (Å²) in [6.07, 6.45) is 3.72. The first-order valence-electron chi connectivity index (χ1n) is 14.8. The van der Waals surface area contributed by atoms with Crippen molar-refractivity contribution < 1.29 is 17.9 Å². The number of fused-ring (bicyclic) bond motifs is 2. The molecule has 1 fully saturated rings. The summed E-state index contributed by atoms with van der Waals surface area (Å²) < 4.78 is 51.5. The lowest BCUT2D eigenvalue weighted by Crippen LogP contribution is -2.32. The van der Waals surface area contributed by atoms with E-state index in [1.54, 1.807) is 18.2 Å². The van der Waals surface area contributed by atoms with E-state index in [1.807, 2.05) is 17.0 Å². The molecule has 2 N–H and O–H groups in total. The van der Waals surface area contributed by atoms with E-state index in [9.17, 15) is 0 Å². The molecule has 3 aliphatic heterocycles. The number of piperidine rings is 1. The Morgan fingerprint density at radius 2 is 1.81 bits per heavy atom. The van der Waals surface area contributed by atoms with Gasteiger partial charge in [0.15, 0.2) is 17.4 Å². The zero-order valence-corrected chi connectivity index (χ0v) is 24.0. The summed E-state index contributed by atoms with van der Waals surface area (Å²) in [6.45, 7) is 4.37. The maximum Gasteiger partial charge on any atom is 0.227 e.